The summed E-state index contributed by atoms with van der Waals surface area (Å²) in [7, 11) is 0. The van der Waals surface area contributed by atoms with E-state index in [4.69, 9.17) is 19.0 Å². The first-order valence-corrected chi connectivity index (χ1v) is 12.5. The van der Waals surface area contributed by atoms with Crippen LogP contribution in [0.4, 0.5) is 0 Å². The first-order valence-electron chi connectivity index (χ1n) is 12.5. The van der Waals surface area contributed by atoms with Crippen LogP contribution in [-0.2, 0) is 16.1 Å². The molecule has 0 saturated carbocycles. The normalized spacial score (nSPS) is 10.9. The Balaban J connectivity index is 1.72. The molecule has 1 aromatic heterocycles. The van der Waals surface area contributed by atoms with E-state index in [9.17, 15) is 4.79 Å². The summed E-state index contributed by atoms with van der Waals surface area (Å²) < 4.78 is 18.2. The topological polar surface area (TPSA) is 68.9 Å². The van der Waals surface area contributed by atoms with Crippen molar-refractivity contribution in [1.29, 1.82) is 0 Å². The molecule has 38 heavy (non-hydrogen) atoms. The van der Waals surface area contributed by atoms with Crippen molar-refractivity contribution in [2.75, 3.05) is 13.2 Å². The van der Waals surface area contributed by atoms with Crippen LogP contribution in [0.15, 0.2) is 114 Å². The minimum absolute atomic E-state index is 0.391. The second-order valence-corrected chi connectivity index (χ2v) is 8.74. The Labute approximate surface area is 221 Å². The monoisotopic (exact) mass is 504 g/mol. The smallest absolute Gasteiger partial charge is 0.341 e. The molecule has 5 heteroatoms. The van der Waals surface area contributed by atoms with Crippen LogP contribution < -0.4 is 4.74 Å². The minimum atomic E-state index is -1.02. The zero-order valence-electron chi connectivity index (χ0n) is 21.1. The highest BCUT2D eigenvalue weighted by atomic mass is 16.5. The average molecular weight is 505 g/mol. The molecule has 0 aliphatic rings. The molecule has 0 amide bonds. The summed E-state index contributed by atoms with van der Waals surface area (Å²) in [5.41, 5.74) is 6.77. The number of furan rings is 1. The standard InChI is InChI=1S/C33H28O5/c1-2-36-21-29-31(23-12-5-3-6-13-23)32(24-14-7-4-8-15-24)38-33(29)28-19-10-9-18-27(28)25-16-11-17-26(20-25)37-22-30(34)35/h3-20H,2,21-22H2,1H3,(H,34,35). The molecule has 0 aliphatic heterocycles. The van der Waals surface area contributed by atoms with Gasteiger partial charge in [0, 0.05) is 28.9 Å². The molecule has 5 rings (SSSR count). The van der Waals surface area contributed by atoms with Gasteiger partial charge in [-0.2, -0.15) is 0 Å². The fraction of sp³-hybridized carbons (Fsp3) is 0.121. The highest BCUT2D eigenvalue weighted by Gasteiger charge is 2.25. The fourth-order valence-corrected chi connectivity index (χ4v) is 4.56. The third kappa shape index (κ3) is 5.38. The molecular formula is C33H28O5. The van der Waals surface area contributed by atoms with E-state index in [1.807, 2.05) is 85.8 Å². The van der Waals surface area contributed by atoms with E-state index in [-0.39, 0.29) is 0 Å². The predicted octanol–water partition coefficient (Wildman–Crippen LogP) is 7.95. The van der Waals surface area contributed by atoms with Gasteiger partial charge in [0.05, 0.1) is 6.61 Å². The average Bonchev–Trinajstić information content (AvgIpc) is 3.35. The van der Waals surface area contributed by atoms with E-state index in [0.29, 0.717) is 19.0 Å². The van der Waals surface area contributed by atoms with Crippen molar-refractivity contribution >= 4 is 5.97 Å². The Morgan fingerprint density at radius 2 is 1.37 bits per heavy atom. The van der Waals surface area contributed by atoms with Crippen LogP contribution in [0.5, 0.6) is 5.75 Å². The summed E-state index contributed by atoms with van der Waals surface area (Å²) in [6.45, 7) is 2.55. The molecule has 190 valence electrons. The molecule has 5 aromatic rings. The van der Waals surface area contributed by atoms with E-state index in [1.54, 1.807) is 6.07 Å². The molecule has 0 spiro atoms. The number of rotatable bonds is 10. The number of hydrogen-bond donors (Lipinski definition) is 1. The molecule has 5 nitrogen and oxygen atoms in total. The van der Waals surface area contributed by atoms with Gasteiger partial charge in [-0.15, -0.1) is 0 Å². The van der Waals surface area contributed by atoms with Crippen LogP contribution in [0.1, 0.15) is 12.5 Å². The number of aliphatic carboxylic acids is 1. The summed E-state index contributed by atoms with van der Waals surface area (Å²) in [5.74, 6) is 0.996. The van der Waals surface area contributed by atoms with E-state index < -0.39 is 12.6 Å². The number of benzene rings is 4. The molecule has 0 fully saturated rings. The summed E-state index contributed by atoms with van der Waals surface area (Å²) in [6, 6.07) is 35.8. The first-order chi connectivity index (χ1) is 18.7. The lowest BCUT2D eigenvalue weighted by Gasteiger charge is -2.12. The lowest BCUT2D eigenvalue weighted by Crippen LogP contribution is -2.09. The van der Waals surface area contributed by atoms with Crippen LogP contribution in [0, 0.1) is 0 Å². The second kappa shape index (κ2) is 11.6. The van der Waals surface area contributed by atoms with E-state index >= 15 is 0 Å². The molecule has 0 unspecified atom stereocenters. The number of carboxylic acids is 1. The summed E-state index contributed by atoms with van der Waals surface area (Å²) in [6.07, 6.45) is 0. The Kier molecular flexibility index (Phi) is 7.67. The summed E-state index contributed by atoms with van der Waals surface area (Å²) in [4.78, 5) is 11.0. The van der Waals surface area contributed by atoms with Crippen molar-refractivity contribution in [1.82, 2.24) is 0 Å². The van der Waals surface area contributed by atoms with E-state index in [2.05, 4.69) is 24.3 Å². The number of carbonyl (C=O) groups is 1. The maximum absolute atomic E-state index is 11.0. The van der Waals surface area contributed by atoms with Gasteiger partial charge in [-0.05, 0) is 35.7 Å². The van der Waals surface area contributed by atoms with Crippen LogP contribution in [0.2, 0.25) is 0 Å². The van der Waals surface area contributed by atoms with Crippen molar-refractivity contribution in [3.05, 3.63) is 115 Å². The van der Waals surface area contributed by atoms with Gasteiger partial charge in [-0.1, -0.05) is 97.1 Å². The van der Waals surface area contributed by atoms with Gasteiger partial charge < -0.3 is 19.0 Å². The van der Waals surface area contributed by atoms with Crippen molar-refractivity contribution in [2.45, 2.75) is 13.5 Å². The Hall–Kier alpha value is -4.61. The zero-order chi connectivity index (χ0) is 26.3. The molecule has 1 N–H and O–H groups in total. The largest absolute Gasteiger partial charge is 0.482 e. The van der Waals surface area contributed by atoms with Gasteiger partial charge in [0.15, 0.2) is 6.61 Å². The summed E-state index contributed by atoms with van der Waals surface area (Å²) in [5, 5.41) is 9.02. The Bertz CT molecular complexity index is 1520. The number of hydrogen-bond acceptors (Lipinski definition) is 4. The molecule has 0 atom stereocenters. The molecular weight excluding hydrogens is 476 g/mol. The summed E-state index contributed by atoms with van der Waals surface area (Å²) >= 11 is 0. The lowest BCUT2D eigenvalue weighted by molar-refractivity contribution is -0.139. The number of carboxylic acid groups (broad SMARTS) is 1. The van der Waals surface area contributed by atoms with Gasteiger partial charge in [-0.3, -0.25) is 0 Å². The molecule has 0 aliphatic carbocycles. The number of ether oxygens (including phenoxy) is 2. The van der Waals surface area contributed by atoms with Crippen molar-refractivity contribution in [3.63, 3.8) is 0 Å². The maximum Gasteiger partial charge on any atom is 0.341 e. The molecule has 0 radical (unpaired) electrons. The van der Waals surface area contributed by atoms with E-state index in [0.717, 1.165) is 50.5 Å². The van der Waals surface area contributed by atoms with Gasteiger partial charge in [0.2, 0.25) is 0 Å². The quantitative estimate of drug-likeness (QED) is 0.209. The van der Waals surface area contributed by atoms with Crippen molar-refractivity contribution in [2.24, 2.45) is 0 Å². The van der Waals surface area contributed by atoms with Crippen molar-refractivity contribution in [3.8, 4) is 50.7 Å². The third-order valence-electron chi connectivity index (χ3n) is 6.24. The van der Waals surface area contributed by atoms with Crippen molar-refractivity contribution < 1.29 is 23.8 Å². The Morgan fingerprint density at radius 3 is 2.05 bits per heavy atom. The molecule has 0 bridgehead atoms. The SMILES string of the molecule is CCOCc1c(-c2ccccc2-c2cccc(OCC(=O)O)c2)oc(-c2ccccc2)c1-c1ccccc1. The van der Waals surface area contributed by atoms with Crippen LogP contribution in [0.3, 0.4) is 0 Å². The van der Waals surface area contributed by atoms with E-state index in [1.165, 1.54) is 0 Å². The minimum Gasteiger partial charge on any atom is -0.482 e. The fourth-order valence-electron chi connectivity index (χ4n) is 4.56. The highest BCUT2D eigenvalue weighted by Crippen LogP contribution is 2.46. The lowest BCUT2D eigenvalue weighted by atomic mass is 9.93. The molecule has 4 aromatic carbocycles. The van der Waals surface area contributed by atoms with Crippen LogP contribution in [0.25, 0.3) is 44.9 Å². The van der Waals surface area contributed by atoms with Gasteiger partial charge >= 0.3 is 5.97 Å². The van der Waals surface area contributed by atoms with Crippen LogP contribution >= 0.6 is 0 Å². The predicted molar refractivity (Wildman–Crippen MR) is 149 cm³/mol. The zero-order valence-corrected chi connectivity index (χ0v) is 21.1. The molecule has 0 saturated heterocycles. The Morgan fingerprint density at radius 1 is 0.737 bits per heavy atom. The third-order valence-corrected chi connectivity index (χ3v) is 6.24. The second-order valence-electron chi connectivity index (χ2n) is 8.74. The molecule has 1 heterocycles. The van der Waals surface area contributed by atoms with Gasteiger partial charge in [0.25, 0.3) is 0 Å². The highest BCUT2D eigenvalue weighted by molar-refractivity contribution is 5.91. The van der Waals surface area contributed by atoms with Crippen LogP contribution in [-0.4, -0.2) is 24.3 Å². The first kappa shape index (κ1) is 25.1. The maximum atomic E-state index is 11.0. The van der Waals surface area contributed by atoms with Gasteiger partial charge in [0.1, 0.15) is 17.3 Å². The van der Waals surface area contributed by atoms with Gasteiger partial charge in [-0.25, -0.2) is 4.79 Å².